The number of rotatable bonds is 8. The molecule has 4 aromatic rings. The normalized spacial score (nSPS) is 12.2. The lowest BCUT2D eigenvalue weighted by Crippen LogP contribution is -2.17. The molecule has 8 nitrogen and oxygen atoms in total. The molecule has 1 N–H and O–H groups in total. The van der Waals surface area contributed by atoms with Gasteiger partial charge in [0, 0.05) is 17.4 Å². The summed E-state index contributed by atoms with van der Waals surface area (Å²) < 4.78 is 18.9. The van der Waals surface area contributed by atoms with E-state index in [9.17, 15) is 4.79 Å². The molecule has 34 heavy (non-hydrogen) atoms. The number of carbonyl (C=O) groups is 1. The predicted molar refractivity (Wildman–Crippen MR) is 129 cm³/mol. The second-order valence-electron chi connectivity index (χ2n) is 7.37. The van der Waals surface area contributed by atoms with Gasteiger partial charge < -0.3 is 19.5 Å². The number of carbonyl (C=O) groups excluding carboxylic acids is 1. The van der Waals surface area contributed by atoms with E-state index in [1.165, 1.54) is 11.8 Å². The first-order valence-electron chi connectivity index (χ1n) is 10.8. The third-order valence-electron chi connectivity index (χ3n) is 4.98. The van der Waals surface area contributed by atoms with Crippen LogP contribution in [0.4, 0.5) is 5.69 Å². The molecule has 172 valence electrons. The quantitative estimate of drug-likeness (QED) is 0.380. The predicted octanol–water partition coefficient (Wildman–Crippen LogP) is 4.35. The number of nitrogens with zero attached hydrogens (tertiary/aromatic N) is 3. The van der Waals surface area contributed by atoms with Crippen LogP contribution in [0.3, 0.4) is 0 Å². The van der Waals surface area contributed by atoms with Crippen molar-refractivity contribution in [2.45, 2.75) is 11.8 Å². The molecule has 0 aliphatic carbocycles. The van der Waals surface area contributed by atoms with Crippen molar-refractivity contribution in [1.29, 1.82) is 0 Å². The molecule has 0 atom stereocenters. The minimum Gasteiger partial charge on any atom is -0.486 e. The average Bonchev–Trinajstić information content (AvgIpc) is 3.30. The number of anilines is 1. The van der Waals surface area contributed by atoms with Crippen molar-refractivity contribution < 1.29 is 19.0 Å². The Labute approximate surface area is 200 Å². The molecule has 0 unspecified atom stereocenters. The lowest BCUT2D eigenvalue weighted by Gasteiger charge is -2.19. The Bertz CT molecular complexity index is 1260. The molecule has 9 heteroatoms. The Kier molecular flexibility index (Phi) is 6.62. The summed E-state index contributed by atoms with van der Waals surface area (Å²) in [5, 5.41) is 12.1. The van der Waals surface area contributed by atoms with Gasteiger partial charge in [-0.3, -0.25) is 9.36 Å². The van der Waals surface area contributed by atoms with Crippen molar-refractivity contribution in [3.05, 3.63) is 84.7 Å². The molecule has 5 rings (SSSR count). The van der Waals surface area contributed by atoms with Gasteiger partial charge in [0.05, 0.1) is 5.75 Å². The zero-order valence-corrected chi connectivity index (χ0v) is 19.0. The van der Waals surface area contributed by atoms with Crippen molar-refractivity contribution in [1.82, 2.24) is 14.8 Å². The Hall–Kier alpha value is -3.98. The molecule has 0 radical (unpaired) electrons. The summed E-state index contributed by atoms with van der Waals surface area (Å²) in [5.74, 6) is 2.71. The van der Waals surface area contributed by atoms with Crippen LogP contribution in [-0.4, -0.2) is 39.6 Å². The third kappa shape index (κ3) is 5.15. The van der Waals surface area contributed by atoms with Gasteiger partial charge in [0.15, 0.2) is 22.5 Å². The summed E-state index contributed by atoms with van der Waals surface area (Å²) >= 11 is 1.31. The molecular formula is C25H22N4O4S. The standard InChI is InChI=1S/C25H22N4O4S/c30-24(26-18-11-12-21-22(15-18)32-14-13-31-21)17-34-25-28-27-23(16-33-20-9-5-2-6-10-20)29(25)19-7-3-1-4-8-19/h1-12,15H,13-14,16-17H2,(H,26,30). The van der Waals surface area contributed by atoms with Crippen LogP contribution in [0.1, 0.15) is 5.82 Å². The number of para-hydroxylation sites is 2. The summed E-state index contributed by atoms with van der Waals surface area (Å²) in [6.45, 7) is 1.26. The van der Waals surface area contributed by atoms with Gasteiger partial charge in [-0.15, -0.1) is 10.2 Å². The van der Waals surface area contributed by atoms with Crippen LogP contribution >= 0.6 is 11.8 Å². The number of benzene rings is 3. The van der Waals surface area contributed by atoms with Gasteiger partial charge in [-0.2, -0.15) is 0 Å². The van der Waals surface area contributed by atoms with Gasteiger partial charge >= 0.3 is 0 Å². The van der Waals surface area contributed by atoms with E-state index >= 15 is 0 Å². The first kappa shape index (κ1) is 21.8. The van der Waals surface area contributed by atoms with Gasteiger partial charge in [-0.05, 0) is 36.4 Å². The minimum absolute atomic E-state index is 0.161. The number of nitrogens with one attached hydrogen (secondary N) is 1. The summed E-state index contributed by atoms with van der Waals surface area (Å²) in [6.07, 6.45) is 0. The van der Waals surface area contributed by atoms with E-state index in [4.69, 9.17) is 14.2 Å². The fraction of sp³-hybridized carbons (Fsp3) is 0.160. The first-order chi connectivity index (χ1) is 16.8. The van der Waals surface area contributed by atoms with Crippen molar-refractivity contribution in [2.75, 3.05) is 24.3 Å². The smallest absolute Gasteiger partial charge is 0.234 e. The first-order valence-corrected chi connectivity index (χ1v) is 11.7. The van der Waals surface area contributed by atoms with E-state index in [-0.39, 0.29) is 18.3 Å². The van der Waals surface area contributed by atoms with E-state index in [2.05, 4.69) is 15.5 Å². The van der Waals surface area contributed by atoms with E-state index in [1.807, 2.05) is 65.2 Å². The largest absolute Gasteiger partial charge is 0.486 e. The SMILES string of the molecule is O=C(CSc1nnc(COc2ccccc2)n1-c1ccccc1)Nc1ccc2c(c1)OCCO2. The lowest BCUT2D eigenvalue weighted by atomic mass is 10.2. The summed E-state index contributed by atoms with van der Waals surface area (Å²) in [5.41, 5.74) is 1.55. The molecular weight excluding hydrogens is 452 g/mol. The highest BCUT2D eigenvalue weighted by Crippen LogP contribution is 2.32. The molecule has 3 aromatic carbocycles. The number of hydrogen-bond acceptors (Lipinski definition) is 7. The molecule has 0 bridgehead atoms. The number of thioether (sulfide) groups is 1. The molecule has 0 spiro atoms. The van der Waals surface area contributed by atoms with Crippen LogP contribution in [0.2, 0.25) is 0 Å². The molecule has 0 saturated carbocycles. The van der Waals surface area contributed by atoms with Crippen LogP contribution in [-0.2, 0) is 11.4 Å². The molecule has 2 heterocycles. The maximum atomic E-state index is 12.6. The van der Waals surface area contributed by atoms with Crippen LogP contribution in [0.5, 0.6) is 17.2 Å². The van der Waals surface area contributed by atoms with Crippen LogP contribution in [0, 0.1) is 0 Å². The maximum Gasteiger partial charge on any atom is 0.234 e. The van der Waals surface area contributed by atoms with E-state index < -0.39 is 0 Å². The van der Waals surface area contributed by atoms with E-state index in [0.29, 0.717) is 41.4 Å². The Morgan fingerprint density at radius 3 is 2.47 bits per heavy atom. The number of ether oxygens (including phenoxy) is 3. The van der Waals surface area contributed by atoms with Crippen LogP contribution < -0.4 is 19.5 Å². The fourth-order valence-corrected chi connectivity index (χ4v) is 4.21. The second kappa shape index (κ2) is 10.3. The number of aromatic nitrogens is 3. The van der Waals surface area contributed by atoms with E-state index in [1.54, 1.807) is 18.2 Å². The highest BCUT2D eigenvalue weighted by Gasteiger charge is 2.17. The maximum absolute atomic E-state index is 12.6. The number of amides is 1. The number of fused-ring (bicyclic) bond motifs is 1. The summed E-state index contributed by atoms with van der Waals surface area (Å²) in [7, 11) is 0. The van der Waals surface area contributed by atoms with Crippen molar-refractivity contribution >= 4 is 23.4 Å². The Balaban J connectivity index is 1.28. The van der Waals surface area contributed by atoms with Gasteiger partial charge in [0.25, 0.3) is 0 Å². The molecule has 1 aliphatic heterocycles. The van der Waals surface area contributed by atoms with Gasteiger partial charge in [-0.1, -0.05) is 48.2 Å². The van der Waals surface area contributed by atoms with Gasteiger partial charge in [0.2, 0.25) is 5.91 Å². The topological polar surface area (TPSA) is 87.5 Å². The highest BCUT2D eigenvalue weighted by molar-refractivity contribution is 7.99. The molecule has 0 saturated heterocycles. The van der Waals surface area contributed by atoms with Gasteiger partial charge in [-0.25, -0.2) is 0 Å². The summed E-state index contributed by atoms with van der Waals surface area (Å²) in [4.78, 5) is 12.6. The van der Waals surface area contributed by atoms with Crippen molar-refractivity contribution in [2.24, 2.45) is 0 Å². The highest BCUT2D eigenvalue weighted by atomic mass is 32.2. The Morgan fingerprint density at radius 2 is 1.68 bits per heavy atom. The van der Waals surface area contributed by atoms with Crippen molar-refractivity contribution in [3.8, 4) is 22.9 Å². The third-order valence-corrected chi connectivity index (χ3v) is 5.91. The monoisotopic (exact) mass is 474 g/mol. The Morgan fingerprint density at radius 1 is 0.941 bits per heavy atom. The molecule has 1 aliphatic rings. The van der Waals surface area contributed by atoms with Crippen LogP contribution in [0.25, 0.3) is 5.69 Å². The fourth-order valence-electron chi connectivity index (χ4n) is 3.44. The van der Waals surface area contributed by atoms with Gasteiger partial charge in [0.1, 0.15) is 25.6 Å². The van der Waals surface area contributed by atoms with Crippen LogP contribution in [0.15, 0.2) is 84.0 Å². The molecule has 0 fully saturated rings. The lowest BCUT2D eigenvalue weighted by molar-refractivity contribution is -0.113. The zero-order chi connectivity index (χ0) is 23.2. The summed E-state index contributed by atoms with van der Waals surface area (Å²) in [6, 6.07) is 24.7. The van der Waals surface area contributed by atoms with E-state index in [0.717, 1.165) is 11.4 Å². The van der Waals surface area contributed by atoms with Crippen molar-refractivity contribution in [3.63, 3.8) is 0 Å². The second-order valence-corrected chi connectivity index (χ2v) is 8.31. The average molecular weight is 475 g/mol. The number of hydrogen-bond donors (Lipinski definition) is 1. The molecule has 1 aromatic heterocycles. The zero-order valence-electron chi connectivity index (χ0n) is 18.2. The minimum atomic E-state index is -0.161. The molecule has 1 amide bonds.